The first-order valence-corrected chi connectivity index (χ1v) is 5.15. The number of hydrogen-bond donors (Lipinski definition) is 1. The number of aliphatic hydroxyl groups excluding tert-OH is 1. The molecule has 2 unspecified atom stereocenters. The number of aliphatic hydroxyl groups is 1. The van der Waals surface area contributed by atoms with Crippen molar-refractivity contribution >= 4 is 5.91 Å². The van der Waals surface area contributed by atoms with Gasteiger partial charge in [-0.25, -0.2) is 0 Å². The van der Waals surface area contributed by atoms with Gasteiger partial charge in [0.25, 0.3) is 0 Å². The van der Waals surface area contributed by atoms with E-state index in [1.165, 1.54) is 0 Å². The van der Waals surface area contributed by atoms with Crippen molar-refractivity contribution in [2.75, 3.05) is 13.2 Å². The van der Waals surface area contributed by atoms with Gasteiger partial charge in [0, 0.05) is 18.5 Å². The van der Waals surface area contributed by atoms with Crippen LogP contribution in [0.1, 0.15) is 26.2 Å². The lowest BCUT2D eigenvalue weighted by Gasteiger charge is -2.21. The molecule has 0 radical (unpaired) electrons. The third kappa shape index (κ3) is 1.85. The zero-order chi connectivity index (χ0) is 9.42. The van der Waals surface area contributed by atoms with E-state index in [0.717, 1.165) is 19.3 Å². The minimum Gasteiger partial charge on any atom is -0.395 e. The predicted octanol–water partition coefficient (Wildman–Crippen LogP) is 0.626. The summed E-state index contributed by atoms with van der Waals surface area (Å²) in [6, 6.07) is 0.451. The Morgan fingerprint density at radius 3 is 2.54 bits per heavy atom. The fourth-order valence-corrected chi connectivity index (χ4v) is 1.85. The fourth-order valence-electron chi connectivity index (χ4n) is 1.85. The minimum absolute atomic E-state index is 0.101. The normalized spacial score (nSPS) is 31.5. The number of amides is 1. The van der Waals surface area contributed by atoms with E-state index in [2.05, 4.69) is 6.92 Å². The lowest BCUT2D eigenvalue weighted by molar-refractivity contribution is -0.134. The average Bonchev–Trinajstić information content (AvgIpc) is 2.93. The molecule has 74 valence electrons. The van der Waals surface area contributed by atoms with E-state index in [1.54, 1.807) is 0 Å². The lowest BCUT2D eigenvalue weighted by Crippen LogP contribution is -2.36. The van der Waals surface area contributed by atoms with Gasteiger partial charge >= 0.3 is 0 Å². The van der Waals surface area contributed by atoms with Crippen LogP contribution in [0.2, 0.25) is 0 Å². The Bertz CT molecular complexity index is 213. The maximum absolute atomic E-state index is 11.8. The Balaban J connectivity index is 1.90. The Morgan fingerprint density at radius 2 is 2.15 bits per heavy atom. The Morgan fingerprint density at radius 1 is 1.54 bits per heavy atom. The van der Waals surface area contributed by atoms with Crippen molar-refractivity contribution in [2.45, 2.75) is 32.2 Å². The largest absolute Gasteiger partial charge is 0.395 e. The third-order valence-electron chi connectivity index (χ3n) is 3.04. The highest BCUT2D eigenvalue weighted by molar-refractivity contribution is 5.82. The van der Waals surface area contributed by atoms with Gasteiger partial charge in [-0.3, -0.25) is 4.79 Å². The average molecular weight is 183 g/mol. The topological polar surface area (TPSA) is 40.5 Å². The zero-order valence-electron chi connectivity index (χ0n) is 8.07. The molecule has 3 heteroatoms. The maximum Gasteiger partial charge on any atom is 0.226 e. The van der Waals surface area contributed by atoms with E-state index in [-0.39, 0.29) is 18.4 Å². The summed E-state index contributed by atoms with van der Waals surface area (Å²) < 4.78 is 0. The molecule has 2 rings (SSSR count). The molecule has 1 amide bonds. The monoisotopic (exact) mass is 183 g/mol. The SMILES string of the molecule is CC1CC1C(=O)N(CCO)C1CC1. The molecule has 0 spiro atoms. The van der Waals surface area contributed by atoms with Crippen LogP contribution in [0.4, 0.5) is 0 Å². The third-order valence-corrected chi connectivity index (χ3v) is 3.04. The fraction of sp³-hybridized carbons (Fsp3) is 0.900. The maximum atomic E-state index is 11.8. The first kappa shape index (κ1) is 9.00. The van der Waals surface area contributed by atoms with Crippen molar-refractivity contribution < 1.29 is 9.90 Å². The van der Waals surface area contributed by atoms with Crippen LogP contribution >= 0.6 is 0 Å². The second-order valence-corrected chi connectivity index (χ2v) is 4.31. The Hall–Kier alpha value is -0.570. The van der Waals surface area contributed by atoms with Crippen LogP contribution < -0.4 is 0 Å². The van der Waals surface area contributed by atoms with Gasteiger partial charge in [-0.15, -0.1) is 0 Å². The molecule has 0 aromatic carbocycles. The quantitative estimate of drug-likeness (QED) is 0.694. The molecule has 2 aliphatic rings. The first-order chi connectivity index (χ1) is 6.24. The van der Waals surface area contributed by atoms with E-state index >= 15 is 0 Å². The summed E-state index contributed by atoms with van der Waals surface area (Å²) in [7, 11) is 0. The smallest absolute Gasteiger partial charge is 0.226 e. The van der Waals surface area contributed by atoms with Crippen LogP contribution in [0, 0.1) is 11.8 Å². The molecule has 1 N–H and O–H groups in total. The molecule has 2 aliphatic carbocycles. The van der Waals surface area contributed by atoms with E-state index < -0.39 is 0 Å². The summed E-state index contributed by atoms with van der Waals surface area (Å²) in [6.45, 7) is 2.75. The van der Waals surface area contributed by atoms with E-state index in [9.17, 15) is 4.79 Å². The summed E-state index contributed by atoms with van der Waals surface area (Å²) in [5, 5.41) is 8.84. The van der Waals surface area contributed by atoms with Gasteiger partial charge in [0.1, 0.15) is 0 Å². The second kappa shape index (κ2) is 3.29. The van der Waals surface area contributed by atoms with Crippen LogP contribution in [0.25, 0.3) is 0 Å². The summed E-state index contributed by atoms with van der Waals surface area (Å²) in [4.78, 5) is 13.7. The number of hydrogen-bond acceptors (Lipinski definition) is 2. The van der Waals surface area contributed by atoms with E-state index in [1.807, 2.05) is 4.90 Å². The molecule has 0 aromatic heterocycles. The van der Waals surface area contributed by atoms with E-state index in [0.29, 0.717) is 18.5 Å². The van der Waals surface area contributed by atoms with Gasteiger partial charge in [0.2, 0.25) is 5.91 Å². The molecule has 2 fully saturated rings. The first-order valence-electron chi connectivity index (χ1n) is 5.15. The standard InChI is InChI=1S/C10H17NO2/c1-7-6-9(7)10(13)11(4-5-12)8-2-3-8/h7-9,12H,2-6H2,1H3. The number of nitrogens with zero attached hydrogens (tertiary/aromatic N) is 1. The highest BCUT2D eigenvalue weighted by Gasteiger charge is 2.44. The molecule has 2 atom stereocenters. The summed E-state index contributed by atoms with van der Waals surface area (Å²) in [6.07, 6.45) is 3.31. The zero-order valence-corrected chi connectivity index (χ0v) is 8.07. The number of rotatable bonds is 4. The van der Waals surface area contributed by atoms with Crippen molar-refractivity contribution in [1.82, 2.24) is 4.90 Å². The van der Waals surface area contributed by atoms with Crippen molar-refractivity contribution in [1.29, 1.82) is 0 Å². The highest BCUT2D eigenvalue weighted by Crippen LogP contribution is 2.41. The lowest BCUT2D eigenvalue weighted by atomic mass is 10.3. The number of carbonyl (C=O) groups is 1. The van der Waals surface area contributed by atoms with Crippen LogP contribution in [0.15, 0.2) is 0 Å². The molecule has 0 aliphatic heterocycles. The van der Waals surface area contributed by atoms with Crippen molar-refractivity contribution in [3.8, 4) is 0 Å². The van der Waals surface area contributed by atoms with Crippen LogP contribution in [-0.2, 0) is 4.79 Å². The summed E-state index contributed by atoms with van der Waals surface area (Å²) in [5.41, 5.74) is 0. The number of carbonyl (C=O) groups excluding carboxylic acids is 1. The van der Waals surface area contributed by atoms with Crippen molar-refractivity contribution in [3.63, 3.8) is 0 Å². The second-order valence-electron chi connectivity index (χ2n) is 4.31. The molecule has 3 nitrogen and oxygen atoms in total. The summed E-state index contributed by atoms with van der Waals surface area (Å²) in [5.74, 6) is 1.13. The highest BCUT2D eigenvalue weighted by atomic mass is 16.3. The molecule has 0 aromatic rings. The predicted molar refractivity (Wildman–Crippen MR) is 49.1 cm³/mol. The molecule has 0 bridgehead atoms. The summed E-state index contributed by atoms with van der Waals surface area (Å²) >= 11 is 0. The molecule has 13 heavy (non-hydrogen) atoms. The van der Waals surface area contributed by atoms with Gasteiger partial charge in [0.05, 0.1) is 6.61 Å². The van der Waals surface area contributed by atoms with Crippen molar-refractivity contribution in [2.24, 2.45) is 11.8 Å². The molecular formula is C10H17NO2. The van der Waals surface area contributed by atoms with Crippen molar-refractivity contribution in [3.05, 3.63) is 0 Å². The van der Waals surface area contributed by atoms with E-state index in [4.69, 9.17) is 5.11 Å². The molecule has 2 saturated carbocycles. The minimum atomic E-state index is 0.101. The van der Waals surface area contributed by atoms with Gasteiger partial charge in [-0.2, -0.15) is 0 Å². The van der Waals surface area contributed by atoms with Gasteiger partial charge in [-0.05, 0) is 25.2 Å². The van der Waals surface area contributed by atoms with Crippen LogP contribution in [0.5, 0.6) is 0 Å². The molecule has 0 saturated heterocycles. The molecule has 0 heterocycles. The molecular weight excluding hydrogens is 166 g/mol. The van der Waals surface area contributed by atoms with Gasteiger partial charge in [-0.1, -0.05) is 6.92 Å². The Kier molecular flexibility index (Phi) is 2.28. The van der Waals surface area contributed by atoms with Gasteiger partial charge < -0.3 is 10.0 Å². The Labute approximate surface area is 78.7 Å². The van der Waals surface area contributed by atoms with Crippen LogP contribution in [-0.4, -0.2) is 35.1 Å². The van der Waals surface area contributed by atoms with Gasteiger partial charge in [0.15, 0.2) is 0 Å². The van der Waals surface area contributed by atoms with Crippen LogP contribution in [0.3, 0.4) is 0 Å².